The Hall–Kier alpha value is -1.04. The lowest BCUT2D eigenvalue weighted by atomic mass is 10.1. The van der Waals surface area contributed by atoms with Gasteiger partial charge in [0.25, 0.3) is 0 Å². The summed E-state index contributed by atoms with van der Waals surface area (Å²) in [5.41, 5.74) is 1.70. The first-order chi connectivity index (χ1) is 8.43. The summed E-state index contributed by atoms with van der Waals surface area (Å²) in [7, 11) is 0. The highest BCUT2D eigenvalue weighted by Crippen LogP contribution is 2.20. The van der Waals surface area contributed by atoms with E-state index in [2.05, 4.69) is 38.7 Å². The van der Waals surface area contributed by atoms with Crippen molar-refractivity contribution in [1.29, 1.82) is 5.26 Å². The minimum absolute atomic E-state index is 0.485. The van der Waals surface area contributed by atoms with Gasteiger partial charge in [-0.1, -0.05) is 31.5 Å². The summed E-state index contributed by atoms with van der Waals surface area (Å²) >= 11 is 6.22. The second kappa shape index (κ2) is 6.78. The molecule has 1 aromatic carbocycles. The molecule has 3 heteroatoms. The lowest BCUT2D eigenvalue weighted by Gasteiger charge is -2.28. The van der Waals surface area contributed by atoms with Crippen molar-refractivity contribution in [2.45, 2.75) is 40.3 Å². The van der Waals surface area contributed by atoms with Crippen molar-refractivity contribution in [3.8, 4) is 6.07 Å². The molecule has 0 saturated heterocycles. The molecule has 2 nitrogen and oxygen atoms in total. The number of benzene rings is 1. The molecular formula is C15H21ClN2. The molecule has 0 aliphatic heterocycles. The molecule has 18 heavy (non-hydrogen) atoms. The van der Waals surface area contributed by atoms with Crippen molar-refractivity contribution in [2.75, 3.05) is 6.54 Å². The first-order valence-corrected chi connectivity index (χ1v) is 6.74. The van der Waals surface area contributed by atoms with E-state index in [1.165, 1.54) is 0 Å². The maximum atomic E-state index is 8.82. The van der Waals surface area contributed by atoms with Crippen LogP contribution in [0, 0.1) is 17.2 Å². The standard InChI is InChI=1S/C15H21ClN2/c1-11(2)9-18(12(3)4)10-14-6-5-13(8-17)7-15(14)16/h5-7,11-12H,9-10H2,1-4H3. The largest absolute Gasteiger partial charge is 0.296 e. The zero-order valence-electron chi connectivity index (χ0n) is 11.6. The fourth-order valence-electron chi connectivity index (χ4n) is 1.89. The summed E-state index contributed by atoms with van der Waals surface area (Å²) in [4.78, 5) is 2.40. The quantitative estimate of drug-likeness (QED) is 0.801. The topological polar surface area (TPSA) is 27.0 Å². The van der Waals surface area contributed by atoms with Crippen LogP contribution < -0.4 is 0 Å². The van der Waals surface area contributed by atoms with Crippen molar-refractivity contribution in [3.63, 3.8) is 0 Å². The molecule has 0 fully saturated rings. The second-order valence-corrected chi connectivity index (χ2v) is 5.74. The van der Waals surface area contributed by atoms with Gasteiger partial charge in [0.2, 0.25) is 0 Å². The molecule has 0 amide bonds. The van der Waals surface area contributed by atoms with Crippen molar-refractivity contribution >= 4 is 11.6 Å². The number of hydrogen-bond acceptors (Lipinski definition) is 2. The summed E-state index contributed by atoms with van der Waals surface area (Å²) in [6.45, 7) is 10.7. The molecule has 1 aromatic rings. The van der Waals surface area contributed by atoms with E-state index in [9.17, 15) is 0 Å². The molecule has 0 unspecified atom stereocenters. The molecule has 98 valence electrons. The summed E-state index contributed by atoms with van der Waals surface area (Å²) in [6, 6.07) is 8.11. The SMILES string of the molecule is CC(C)CN(Cc1ccc(C#N)cc1Cl)C(C)C. The van der Waals surface area contributed by atoms with Gasteiger partial charge in [0.15, 0.2) is 0 Å². The number of nitrogens with zero attached hydrogens (tertiary/aromatic N) is 2. The number of halogens is 1. The predicted molar refractivity (Wildman–Crippen MR) is 76.6 cm³/mol. The molecule has 0 aromatic heterocycles. The average molecular weight is 265 g/mol. The molecule has 0 spiro atoms. The highest BCUT2D eigenvalue weighted by atomic mass is 35.5. The Balaban J connectivity index is 2.84. The Morgan fingerprint density at radius 2 is 1.94 bits per heavy atom. The Labute approximate surface area is 115 Å². The third-order valence-corrected chi connectivity index (χ3v) is 3.24. The minimum Gasteiger partial charge on any atom is -0.296 e. The minimum atomic E-state index is 0.485. The molecule has 0 heterocycles. The van der Waals surface area contributed by atoms with E-state index < -0.39 is 0 Å². The summed E-state index contributed by atoms with van der Waals surface area (Å²) in [5.74, 6) is 0.629. The molecule has 0 atom stereocenters. The van der Waals surface area contributed by atoms with E-state index >= 15 is 0 Å². The number of nitriles is 1. The van der Waals surface area contributed by atoms with Gasteiger partial charge in [-0.05, 0) is 37.5 Å². The van der Waals surface area contributed by atoms with Crippen LogP contribution in [0.4, 0.5) is 0 Å². The van der Waals surface area contributed by atoms with E-state index in [4.69, 9.17) is 16.9 Å². The molecule has 1 rings (SSSR count). The van der Waals surface area contributed by atoms with Gasteiger partial charge in [0, 0.05) is 24.2 Å². The second-order valence-electron chi connectivity index (χ2n) is 5.34. The van der Waals surface area contributed by atoms with Gasteiger partial charge in [-0.25, -0.2) is 0 Å². The third kappa shape index (κ3) is 4.33. The van der Waals surface area contributed by atoms with Gasteiger partial charge in [-0.3, -0.25) is 4.90 Å². The van der Waals surface area contributed by atoms with Gasteiger partial charge in [-0.15, -0.1) is 0 Å². The first kappa shape index (κ1) is 15.0. The zero-order valence-corrected chi connectivity index (χ0v) is 12.3. The lowest BCUT2D eigenvalue weighted by Crippen LogP contribution is -2.33. The fourth-order valence-corrected chi connectivity index (χ4v) is 2.13. The summed E-state index contributed by atoms with van der Waals surface area (Å²) in [5, 5.41) is 9.51. The Kier molecular flexibility index (Phi) is 5.65. The smallest absolute Gasteiger partial charge is 0.0992 e. The van der Waals surface area contributed by atoms with Crippen LogP contribution in [0.1, 0.15) is 38.8 Å². The summed E-state index contributed by atoms with van der Waals surface area (Å²) in [6.07, 6.45) is 0. The molecule has 0 aliphatic carbocycles. The Morgan fingerprint density at radius 3 is 2.39 bits per heavy atom. The normalized spacial score (nSPS) is 11.3. The molecule has 0 aliphatic rings. The van der Waals surface area contributed by atoms with E-state index in [0.29, 0.717) is 22.5 Å². The van der Waals surface area contributed by atoms with E-state index in [0.717, 1.165) is 18.7 Å². The zero-order chi connectivity index (χ0) is 13.7. The third-order valence-electron chi connectivity index (χ3n) is 2.89. The van der Waals surface area contributed by atoms with Gasteiger partial charge < -0.3 is 0 Å². The average Bonchev–Trinajstić information content (AvgIpc) is 2.29. The van der Waals surface area contributed by atoms with E-state index in [1.807, 2.05) is 12.1 Å². The van der Waals surface area contributed by atoms with Crippen LogP contribution in [0.25, 0.3) is 0 Å². The lowest BCUT2D eigenvalue weighted by molar-refractivity contribution is 0.189. The van der Waals surface area contributed by atoms with Gasteiger partial charge in [-0.2, -0.15) is 5.26 Å². The van der Waals surface area contributed by atoms with Crippen molar-refractivity contribution in [1.82, 2.24) is 4.90 Å². The van der Waals surface area contributed by atoms with Gasteiger partial charge in [0.1, 0.15) is 0 Å². The molecule has 0 bridgehead atoms. The highest BCUT2D eigenvalue weighted by molar-refractivity contribution is 6.31. The van der Waals surface area contributed by atoms with Crippen molar-refractivity contribution in [3.05, 3.63) is 34.3 Å². The van der Waals surface area contributed by atoms with Crippen LogP contribution in [-0.2, 0) is 6.54 Å². The summed E-state index contributed by atoms with van der Waals surface area (Å²) < 4.78 is 0. The van der Waals surface area contributed by atoms with E-state index in [1.54, 1.807) is 6.07 Å². The first-order valence-electron chi connectivity index (χ1n) is 6.36. The monoisotopic (exact) mass is 264 g/mol. The molecular weight excluding hydrogens is 244 g/mol. The fraction of sp³-hybridized carbons (Fsp3) is 0.533. The molecule has 0 N–H and O–H groups in total. The van der Waals surface area contributed by atoms with Crippen LogP contribution in [-0.4, -0.2) is 17.5 Å². The maximum Gasteiger partial charge on any atom is 0.0992 e. The van der Waals surface area contributed by atoms with Crippen molar-refractivity contribution < 1.29 is 0 Å². The highest BCUT2D eigenvalue weighted by Gasteiger charge is 2.13. The van der Waals surface area contributed by atoms with Crippen LogP contribution in [0.2, 0.25) is 5.02 Å². The van der Waals surface area contributed by atoms with Crippen molar-refractivity contribution in [2.24, 2.45) is 5.92 Å². The van der Waals surface area contributed by atoms with Gasteiger partial charge in [0.05, 0.1) is 11.6 Å². The maximum absolute atomic E-state index is 8.82. The van der Waals surface area contributed by atoms with E-state index in [-0.39, 0.29) is 0 Å². The van der Waals surface area contributed by atoms with Gasteiger partial charge >= 0.3 is 0 Å². The van der Waals surface area contributed by atoms with Crippen LogP contribution in [0.5, 0.6) is 0 Å². The predicted octanol–water partition coefficient (Wildman–Crippen LogP) is 4.08. The molecule has 0 saturated carbocycles. The van der Waals surface area contributed by atoms with Crippen LogP contribution in [0.3, 0.4) is 0 Å². The van der Waals surface area contributed by atoms with Crippen LogP contribution in [0.15, 0.2) is 18.2 Å². The van der Waals surface area contributed by atoms with Crippen LogP contribution >= 0.6 is 11.6 Å². The molecule has 0 radical (unpaired) electrons. The number of rotatable bonds is 5. The Bertz CT molecular complexity index is 433. The Morgan fingerprint density at radius 1 is 1.28 bits per heavy atom. The number of hydrogen-bond donors (Lipinski definition) is 0.